The normalized spacial score (nSPS) is 11.3. The maximum atomic E-state index is 11.6. The van der Waals surface area contributed by atoms with Crippen LogP contribution in [0.4, 0.5) is 0 Å². The highest BCUT2D eigenvalue weighted by atomic mass is 16.5. The fraction of sp³-hybridized carbons (Fsp3) is 0.333. The second-order valence-electron chi connectivity index (χ2n) is 5.80. The van der Waals surface area contributed by atoms with Gasteiger partial charge in [0.2, 0.25) is 0 Å². The number of carboxylic acids is 1. The summed E-state index contributed by atoms with van der Waals surface area (Å²) in [7, 11) is 1.30. The van der Waals surface area contributed by atoms with Gasteiger partial charge in [-0.15, -0.1) is 5.10 Å². The second kappa shape index (κ2) is 5.59. The predicted molar refractivity (Wildman–Crippen MR) is 78.4 cm³/mol. The first-order valence-electron chi connectivity index (χ1n) is 6.64. The van der Waals surface area contributed by atoms with Gasteiger partial charge in [0.25, 0.3) is 0 Å². The van der Waals surface area contributed by atoms with Gasteiger partial charge in [-0.3, -0.25) is 0 Å². The van der Waals surface area contributed by atoms with Crippen molar-refractivity contribution in [1.29, 1.82) is 0 Å². The highest BCUT2D eigenvalue weighted by Gasteiger charge is 2.29. The Balaban J connectivity index is 2.63. The molecule has 0 saturated carbocycles. The molecule has 22 heavy (non-hydrogen) atoms. The maximum absolute atomic E-state index is 11.6. The highest BCUT2D eigenvalue weighted by molar-refractivity contribution is 5.90. The standard InChI is InChI=1S/C15H17N3O4/c1-15(2,3)12-11(13(19)20)16-17-18(12)10-7-5-6-9(8-10)14(21)22-4/h5-8H,1-4H3,(H,19,20). The number of methoxy groups -OCH3 is 1. The number of rotatable bonds is 3. The van der Waals surface area contributed by atoms with Crippen LogP contribution >= 0.6 is 0 Å². The lowest BCUT2D eigenvalue weighted by molar-refractivity contribution is 0.0599. The van der Waals surface area contributed by atoms with Crippen molar-refractivity contribution in [1.82, 2.24) is 15.0 Å². The highest BCUT2D eigenvalue weighted by Crippen LogP contribution is 2.27. The molecule has 0 atom stereocenters. The fourth-order valence-corrected chi connectivity index (χ4v) is 2.16. The molecule has 0 unspecified atom stereocenters. The van der Waals surface area contributed by atoms with Gasteiger partial charge in [0.05, 0.1) is 24.1 Å². The Kier molecular flexibility index (Phi) is 3.99. The number of carbonyl (C=O) groups is 2. The first-order chi connectivity index (χ1) is 10.3. The van der Waals surface area contributed by atoms with Gasteiger partial charge in [-0.05, 0) is 18.2 Å². The summed E-state index contributed by atoms with van der Waals surface area (Å²) in [4.78, 5) is 23.0. The molecule has 0 fully saturated rings. The van der Waals surface area contributed by atoms with Gasteiger partial charge in [-0.1, -0.05) is 32.1 Å². The van der Waals surface area contributed by atoms with Crippen molar-refractivity contribution >= 4 is 11.9 Å². The molecular weight excluding hydrogens is 286 g/mol. The number of aromatic carboxylic acids is 1. The van der Waals surface area contributed by atoms with E-state index in [4.69, 9.17) is 0 Å². The molecule has 0 aliphatic carbocycles. The van der Waals surface area contributed by atoms with E-state index in [0.717, 1.165) is 0 Å². The van der Waals surface area contributed by atoms with Gasteiger partial charge in [0, 0.05) is 5.41 Å². The SMILES string of the molecule is COC(=O)c1cccc(-n2nnc(C(=O)O)c2C(C)(C)C)c1. The second-order valence-corrected chi connectivity index (χ2v) is 5.80. The van der Waals surface area contributed by atoms with E-state index in [1.165, 1.54) is 11.8 Å². The Bertz CT molecular complexity index is 729. The maximum Gasteiger partial charge on any atom is 0.358 e. The topological polar surface area (TPSA) is 94.3 Å². The molecular formula is C15H17N3O4. The van der Waals surface area contributed by atoms with Crippen molar-refractivity contribution in [2.45, 2.75) is 26.2 Å². The summed E-state index contributed by atoms with van der Waals surface area (Å²) in [5.41, 5.74) is 0.774. The molecule has 1 aromatic heterocycles. The summed E-state index contributed by atoms with van der Waals surface area (Å²) in [5, 5.41) is 17.0. The Morgan fingerprint density at radius 2 is 1.95 bits per heavy atom. The molecule has 1 N–H and O–H groups in total. The quantitative estimate of drug-likeness (QED) is 0.872. The number of hydrogen-bond donors (Lipinski definition) is 1. The molecule has 2 rings (SSSR count). The average Bonchev–Trinajstić information content (AvgIpc) is 2.91. The van der Waals surface area contributed by atoms with Gasteiger partial charge >= 0.3 is 11.9 Å². The van der Waals surface area contributed by atoms with Gasteiger partial charge < -0.3 is 9.84 Å². The number of carbonyl (C=O) groups excluding carboxylic acids is 1. The number of carboxylic acid groups (broad SMARTS) is 1. The first kappa shape index (κ1) is 15.7. The lowest BCUT2D eigenvalue weighted by Crippen LogP contribution is -2.21. The Hall–Kier alpha value is -2.70. The molecule has 0 saturated heterocycles. The number of aromatic nitrogens is 3. The molecule has 1 aromatic carbocycles. The molecule has 0 amide bonds. The Morgan fingerprint density at radius 3 is 2.50 bits per heavy atom. The van der Waals surface area contributed by atoms with Crippen LogP contribution in [-0.4, -0.2) is 39.1 Å². The minimum Gasteiger partial charge on any atom is -0.476 e. The number of nitrogens with zero attached hydrogens (tertiary/aromatic N) is 3. The van der Waals surface area contributed by atoms with E-state index in [1.807, 2.05) is 20.8 Å². The van der Waals surface area contributed by atoms with E-state index in [-0.39, 0.29) is 5.69 Å². The van der Waals surface area contributed by atoms with Gasteiger partial charge in [0.1, 0.15) is 0 Å². The van der Waals surface area contributed by atoms with Crippen LogP contribution in [0.5, 0.6) is 0 Å². The molecule has 116 valence electrons. The van der Waals surface area contributed by atoms with Crippen molar-refractivity contribution in [3.63, 3.8) is 0 Å². The molecule has 0 radical (unpaired) electrons. The minimum absolute atomic E-state index is 0.101. The van der Waals surface area contributed by atoms with Crippen LogP contribution in [0.3, 0.4) is 0 Å². The first-order valence-corrected chi connectivity index (χ1v) is 6.64. The average molecular weight is 303 g/mol. The van der Waals surface area contributed by atoms with Crippen LogP contribution in [-0.2, 0) is 10.2 Å². The summed E-state index contributed by atoms with van der Waals surface area (Å²) >= 11 is 0. The van der Waals surface area contributed by atoms with Gasteiger partial charge in [-0.2, -0.15) is 0 Å². The van der Waals surface area contributed by atoms with Crippen LogP contribution in [0.1, 0.15) is 47.3 Å². The summed E-state index contributed by atoms with van der Waals surface area (Å²) in [5.74, 6) is -1.61. The molecule has 0 aliphatic rings. The fourth-order valence-electron chi connectivity index (χ4n) is 2.16. The molecule has 1 heterocycles. The number of benzene rings is 1. The zero-order valence-corrected chi connectivity index (χ0v) is 12.8. The molecule has 0 bridgehead atoms. The summed E-state index contributed by atoms with van der Waals surface area (Å²) in [6.07, 6.45) is 0. The third kappa shape index (κ3) is 2.83. The van der Waals surface area contributed by atoms with E-state index in [9.17, 15) is 14.7 Å². The van der Waals surface area contributed by atoms with Crippen molar-refractivity contribution in [3.8, 4) is 5.69 Å². The number of esters is 1. The third-order valence-corrected chi connectivity index (χ3v) is 3.10. The summed E-state index contributed by atoms with van der Waals surface area (Å²) < 4.78 is 6.13. The monoisotopic (exact) mass is 303 g/mol. The van der Waals surface area contributed by atoms with E-state index < -0.39 is 17.4 Å². The largest absolute Gasteiger partial charge is 0.476 e. The van der Waals surface area contributed by atoms with Crippen LogP contribution in [0.25, 0.3) is 5.69 Å². The summed E-state index contributed by atoms with van der Waals surface area (Å²) in [6, 6.07) is 6.60. The van der Waals surface area contributed by atoms with Crippen LogP contribution in [0.15, 0.2) is 24.3 Å². The van der Waals surface area contributed by atoms with Crippen molar-refractivity contribution in [2.24, 2.45) is 0 Å². The van der Waals surface area contributed by atoms with Crippen molar-refractivity contribution in [2.75, 3.05) is 7.11 Å². The third-order valence-electron chi connectivity index (χ3n) is 3.10. The van der Waals surface area contributed by atoms with E-state index in [2.05, 4.69) is 15.0 Å². The van der Waals surface area contributed by atoms with Gasteiger partial charge in [-0.25, -0.2) is 14.3 Å². The summed E-state index contributed by atoms with van der Waals surface area (Å²) in [6.45, 7) is 5.62. The zero-order chi connectivity index (χ0) is 16.5. The van der Waals surface area contributed by atoms with Crippen LogP contribution in [0.2, 0.25) is 0 Å². The lowest BCUT2D eigenvalue weighted by atomic mass is 9.90. The van der Waals surface area contributed by atoms with Crippen LogP contribution in [0, 0.1) is 0 Å². The predicted octanol–water partition coefficient (Wildman–Crippen LogP) is 2.05. The van der Waals surface area contributed by atoms with Crippen molar-refractivity contribution in [3.05, 3.63) is 41.2 Å². The van der Waals surface area contributed by atoms with Crippen molar-refractivity contribution < 1.29 is 19.4 Å². The number of ether oxygens (including phenoxy) is 1. The molecule has 0 aliphatic heterocycles. The van der Waals surface area contributed by atoms with Gasteiger partial charge in [0.15, 0.2) is 5.69 Å². The molecule has 7 heteroatoms. The molecule has 7 nitrogen and oxygen atoms in total. The Labute approximate surface area is 127 Å². The molecule has 0 spiro atoms. The Morgan fingerprint density at radius 1 is 1.27 bits per heavy atom. The minimum atomic E-state index is -1.14. The molecule has 2 aromatic rings. The smallest absolute Gasteiger partial charge is 0.358 e. The van der Waals surface area contributed by atoms with E-state index in [1.54, 1.807) is 24.3 Å². The number of hydrogen-bond acceptors (Lipinski definition) is 5. The van der Waals surface area contributed by atoms with Crippen LogP contribution < -0.4 is 0 Å². The zero-order valence-electron chi connectivity index (χ0n) is 12.8. The van der Waals surface area contributed by atoms with E-state index in [0.29, 0.717) is 16.9 Å². The van der Waals surface area contributed by atoms with E-state index >= 15 is 0 Å². The lowest BCUT2D eigenvalue weighted by Gasteiger charge is -2.20.